The van der Waals surface area contributed by atoms with Crippen molar-refractivity contribution in [2.45, 2.75) is 0 Å². The summed E-state index contributed by atoms with van der Waals surface area (Å²) in [5, 5.41) is 1.72. The zero-order valence-corrected chi connectivity index (χ0v) is 11.2. The Balaban J connectivity index is 2.22. The fraction of sp³-hybridized carbons (Fsp3) is 0. The van der Waals surface area contributed by atoms with E-state index in [2.05, 4.69) is 4.98 Å². The van der Waals surface area contributed by atoms with Crippen molar-refractivity contribution < 1.29 is 4.42 Å². The standard InChI is InChI=1S/C13H6Cl3NO/c14-7-1-3-10(16)9(5-7)13-17-11-4-2-8(15)6-12(11)18-13/h1-6H. The van der Waals surface area contributed by atoms with Crippen LogP contribution in [0.2, 0.25) is 15.1 Å². The second-order valence-corrected chi connectivity index (χ2v) is 5.04. The summed E-state index contributed by atoms with van der Waals surface area (Å²) in [7, 11) is 0. The zero-order chi connectivity index (χ0) is 12.7. The molecule has 0 unspecified atom stereocenters. The predicted octanol–water partition coefficient (Wildman–Crippen LogP) is 5.46. The van der Waals surface area contributed by atoms with Crippen LogP contribution in [-0.2, 0) is 0 Å². The lowest BCUT2D eigenvalue weighted by Gasteiger charge is -1.99. The van der Waals surface area contributed by atoms with Gasteiger partial charge < -0.3 is 4.42 Å². The summed E-state index contributed by atoms with van der Waals surface area (Å²) < 4.78 is 5.63. The van der Waals surface area contributed by atoms with Gasteiger partial charge >= 0.3 is 0 Å². The van der Waals surface area contributed by atoms with Crippen LogP contribution < -0.4 is 0 Å². The Morgan fingerprint density at radius 1 is 0.889 bits per heavy atom. The third-order valence-electron chi connectivity index (χ3n) is 2.51. The summed E-state index contributed by atoms with van der Waals surface area (Å²) in [6.45, 7) is 0. The molecule has 2 nitrogen and oxygen atoms in total. The van der Waals surface area contributed by atoms with Crippen molar-refractivity contribution in [3.05, 3.63) is 51.5 Å². The van der Waals surface area contributed by atoms with Crippen molar-refractivity contribution in [2.75, 3.05) is 0 Å². The normalized spacial score (nSPS) is 11.1. The molecule has 3 rings (SSSR count). The van der Waals surface area contributed by atoms with E-state index in [4.69, 9.17) is 39.2 Å². The fourth-order valence-corrected chi connectivity index (χ4v) is 2.21. The summed E-state index contributed by atoms with van der Waals surface area (Å²) in [5.74, 6) is 0.430. The molecular formula is C13H6Cl3NO. The highest BCUT2D eigenvalue weighted by Crippen LogP contribution is 2.32. The molecule has 90 valence electrons. The SMILES string of the molecule is Clc1ccc(Cl)c(-c2nc3ccc(Cl)cc3o2)c1. The first kappa shape index (κ1) is 11.8. The molecule has 0 N–H and O–H groups in total. The van der Waals surface area contributed by atoms with Gasteiger partial charge in [0.1, 0.15) is 5.52 Å². The summed E-state index contributed by atoms with van der Waals surface area (Å²) in [4.78, 5) is 4.36. The van der Waals surface area contributed by atoms with Gasteiger partial charge in [-0.1, -0.05) is 34.8 Å². The molecule has 1 aromatic heterocycles. The molecule has 0 aliphatic carbocycles. The molecule has 0 radical (unpaired) electrons. The van der Waals surface area contributed by atoms with Crippen molar-refractivity contribution in [1.82, 2.24) is 4.98 Å². The third-order valence-corrected chi connectivity index (χ3v) is 3.31. The molecule has 3 aromatic rings. The number of hydrogen-bond donors (Lipinski definition) is 0. The minimum atomic E-state index is 0.430. The Kier molecular flexibility index (Phi) is 2.94. The van der Waals surface area contributed by atoms with Gasteiger partial charge in [0, 0.05) is 16.1 Å². The van der Waals surface area contributed by atoms with Gasteiger partial charge in [-0.05, 0) is 30.3 Å². The fourth-order valence-electron chi connectivity index (χ4n) is 1.68. The van der Waals surface area contributed by atoms with E-state index in [1.54, 1.807) is 36.4 Å². The average molecular weight is 299 g/mol. The van der Waals surface area contributed by atoms with Crippen LogP contribution in [-0.4, -0.2) is 4.98 Å². The van der Waals surface area contributed by atoms with E-state index in [1.165, 1.54) is 0 Å². The maximum absolute atomic E-state index is 6.10. The summed E-state index contributed by atoms with van der Waals surface area (Å²) in [6.07, 6.45) is 0. The van der Waals surface area contributed by atoms with Gasteiger partial charge in [0.05, 0.1) is 10.6 Å². The molecule has 0 atom stereocenters. The topological polar surface area (TPSA) is 26.0 Å². The minimum absolute atomic E-state index is 0.430. The van der Waals surface area contributed by atoms with Crippen molar-refractivity contribution >= 4 is 45.9 Å². The molecule has 0 amide bonds. The van der Waals surface area contributed by atoms with Crippen LogP contribution in [0.1, 0.15) is 0 Å². The second kappa shape index (κ2) is 4.47. The van der Waals surface area contributed by atoms with Gasteiger partial charge in [-0.3, -0.25) is 0 Å². The largest absolute Gasteiger partial charge is 0.436 e. The molecule has 0 saturated carbocycles. The summed E-state index contributed by atoms with van der Waals surface area (Å²) in [5.41, 5.74) is 2.01. The Bertz CT molecular complexity index is 736. The van der Waals surface area contributed by atoms with Gasteiger partial charge in [-0.15, -0.1) is 0 Å². The average Bonchev–Trinajstić information content (AvgIpc) is 2.74. The lowest BCUT2D eigenvalue weighted by molar-refractivity contribution is 0.620. The maximum atomic E-state index is 6.10. The Hall–Kier alpha value is -1.22. The molecule has 0 bridgehead atoms. The van der Waals surface area contributed by atoms with Gasteiger partial charge in [0.2, 0.25) is 5.89 Å². The second-order valence-electron chi connectivity index (χ2n) is 3.76. The molecule has 0 saturated heterocycles. The number of benzene rings is 2. The van der Waals surface area contributed by atoms with Crippen molar-refractivity contribution in [1.29, 1.82) is 0 Å². The molecule has 5 heteroatoms. The first-order chi connectivity index (χ1) is 8.63. The van der Waals surface area contributed by atoms with E-state index >= 15 is 0 Å². The van der Waals surface area contributed by atoms with Gasteiger partial charge in [-0.25, -0.2) is 4.98 Å². The van der Waals surface area contributed by atoms with E-state index in [-0.39, 0.29) is 0 Å². The van der Waals surface area contributed by atoms with Crippen molar-refractivity contribution in [3.8, 4) is 11.5 Å². The first-order valence-electron chi connectivity index (χ1n) is 5.15. The van der Waals surface area contributed by atoms with Crippen molar-refractivity contribution in [2.24, 2.45) is 0 Å². The number of nitrogens with zero attached hydrogens (tertiary/aromatic N) is 1. The van der Waals surface area contributed by atoms with Crippen LogP contribution in [0.3, 0.4) is 0 Å². The molecular weight excluding hydrogens is 293 g/mol. The highest BCUT2D eigenvalue weighted by Gasteiger charge is 2.12. The van der Waals surface area contributed by atoms with Gasteiger partial charge in [0.25, 0.3) is 0 Å². The lowest BCUT2D eigenvalue weighted by atomic mass is 10.2. The van der Waals surface area contributed by atoms with Crippen LogP contribution >= 0.6 is 34.8 Å². The van der Waals surface area contributed by atoms with E-state index in [0.29, 0.717) is 32.1 Å². The number of aromatic nitrogens is 1. The van der Waals surface area contributed by atoms with Crippen LogP contribution in [0.25, 0.3) is 22.6 Å². The molecule has 18 heavy (non-hydrogen) atoms. The summed E-state index contributed by atoms with van der Waals surface area (Å²) >= 11 is 17.9. The molecule has 0 aliphatic heterocycles. The third kappa shape index (κ3) is 2.07. The van der Waals surface area contributed by atoms with E-state index in [9.17, 15) is 0 Å². The Morgan fingerprint density at radius 2 is 1.61 bits per heavy atom. The minimum Gasteiger partial charge on any atom is -0.436 e. The Labute approximate surface area is 118 Å². The van der Waals surface area contributed by atoms with Crippen LogP contribution in [0.15, 0.2) is 40.8 Å². The maximum Gasteiger partial charge on any atom is 0.228 e. The molecule has 0 fully saturated rings. The van der Waals surface area contributed by atoms with Gasteiger partial charge in [0.15, 0.2) is 5.58 Å². The first-order valence-corrected chi connectivity index (χ1v) is 6.28. The number of rotatable bonds is 1. The zero-order valence-electron chi connectivity index (χ0n) is 8.95. The Morgan fingerprint density at radius 3 is 2.44 bits per heavy atom. The van der Waals surface area contributed by atoms with Crippen LogP contribution in [0.5, 0.6) is 0 Å². The quantitative estimate of drug-likeness (QED) is 0.596. The molecule has 0 spiro atoms. The summed E-state index contributed by atoms with van der Waals surface area (Å²) in [6, 6.07) is 10.4. The smallest absolute Gasteiger partial charge is 0.228 e. The van der Waals surface area contributed by atoms with Crippen LogP contribution in [0, 0.1) is 0 Å². The van der Waals surface area contributed by atoms with Crippen LogP contribution in [0.4, 0.5) is 0 Å². The number of halogens is 3. The highest BCUT2D eigenvalue weighted by molar-refractivity contribution is 6.35. The van der Waals surface area contributed by atoms with E-state index in [0.717, 1.165) is 5.52 Å². The van der Waals surface area contributed by atoms with E-state index < -0.39 is 0 Å². The molecule has 0 aliphatic rings. The molecule has 2 aromatic carbocycles. The number of oxazole rings is 1. The molecule has 1 heterocycles. The predicted molar refractivity (Wildman–Crippen MR) is 74.5 cm³/mol. The monoisotopic (exact) mass is 297 g/mol. The highest BCUT2D eigenvalue weighted by atomic mass is 35.5. The number of fused-ring (bicyclic) bond motifs is 1. The van der Waals surface area contributed by atoms with E-state index in [1.807, 2.05) is 0 Å². The van der Waals surface area contributed by atoms with Gasteiger partial charge in [-0.2, -0.15) is 0 Å². The number of hydrogen-bond acceptors (Lipinski definition) is 2. The van der Waals surface area contributed by atoms with Crippen molar-refractivity contribution in [3.63, 3.8) is 0 Å². The lowest BCUT2D eigenvalue weighted by Crippen LogP contribution is -1.79.